The summed E-state index contributed by atoms with van der Waals surface area (Å²) in [6.45, 7) is 0. The second-order valence-electron chi connectivity index (χ2n) is 5.72. The average Bonchev–Trinajstić information content (AvgIpc) is 3.28. The monoisotopic (exact) mass is 378 g/mol. The molecule has 4 nitrogen and oxygen atoms in total. The highest BCUT2D eigenvalue weighted by Crippen LogP contribution is 2.36. The van der Waals surface area contributed by atoms with Gasteiger partial charge in [0.2, 0.25) is 0 Å². The molecule has 126 valence electrons. The minimum Gasteiger partial charge on any atom is -0.340 e. The predicted octanol–water partition coefficient (Wildman–Crippen LogP) is 5.85. The van der Waals surface area contributed by atoms with Crippen molar-refractivity contribution in [1.29, 1.82) is 0 Å². The van der Waals surface area contributed by atoms with Crippen LogP contribution >= 0.6 is 22.7 Å². The van der Waals surface area contributed by atoms with Crippen molar-refractivity contribution in [3.8, 4) is 10.4 Å². The number of nitrogens with one attached hydrogen (secondary N) is 1. The van der Waals surface area contributed by atoms with Gasteiger partial charge in [-0.2, -0.15) is 0 Å². The molecule has 1 N–H and O–H groups in total. The van der Waals surface area contributed by atoms with Crippen LogP contribution in [0.15, 0.2) is 60.4 Å². The molecular formula is C19H11FN4S2. The minimum absolute atomic E-state index is 0.249. The van der Waals surface area contributed by atoms with E-state index in [9.17, 15) is 4.39 Å². The fourth-order valence-corrected chi connectivity index (χ4v) is 4.47. The summed E-state index contributed by atoms with van der Waals surface area (Å²) in [7, 11) is 0. The Hall–Kier alpha value is -2.90. The summed E-state index contributed by atoms with van der Waals surface area (Å²) >= 11 is 3.13. The van der Waals surface area contributed by atoms with E-state index in [1.165, 1.54) is 29.8 Å². The molecule has 26 heavy (non-hydrogen) atoms. The van der Waals surface area contributed by atoms with Gasteiger partial charge in [-0.05, 0) is 42.0 Å². The number of hydrogen-bond acceptors (Lipinski definition) is 6. The lowest BCUT2D eigenvalue weighted by molar-refractivity contribution is 0.628. The summed E-state index contributed by atoms with van der Waals surface area (Å²) in [5.41, 5.74) is 4.54. The first-order valence-corrected chi connectivity index (χ1v) is 9.57. The zero-order valence-electron chi connectivity index (χ0n) is 13.3. The third kappa shape index (κ3) is 2.71. The third-order valence-electron chi connectivity index (χ3n) is 4.03. The molecule has 0 fully saturated rings. The second kappa shape index (κ2) is 6.12. The number of thiazole rings is 1. The molecule has 0 unspecified atom stereocenters. The first kappa shape index (κ1) is 15.4. The standard InChI is InChI=1S/C19H11FN4S2/c20-12-3-1-2-11(6-12)17-8-14-18(21-9-22-19(14)26-17)24-13-4-5-16-15(7-13)23-10-25-16/h1-10H,(H,21,22,24). The molecule has 3 heterocycles. The Kier molecular flexibility index (Phi) is 3.62. The number of thiophene rings is 1. The first-order chi connectivity index (χ1) is 12.8. The van der Waals surface area contributed by atoms with Crippen molar-refractivity contribution in [2.24, 2.45) is 0 Å². The smallest absolute Gasteiger partial charge is 0.142 e. The van der Waals surface area contributed by atoms with Crippen LogP contribution in [-0.4, -0.2) is 15.0 Å². The highest BCUT2D eigenvalue weighted by molar-refractivity contribution is 7.21. The number of rotatable bonds is 3. The Labute approximate surface area is 156 Å². The lowest BCUT2D eigenvalue weighted by atomic mass is 10.2. The van der Waals surface area contributed by atoms with E-state index in [1.54, 1.807) is 17.4 Å². The zero-order chi connectivity index (χ0) is 17.5. The molecule has 0 saturated carbocycles. The molecule has 0 bridgehead atoms. The summed E-state index contributed by atoms with van der Waals surface area (Å²) in [4.78, 5) is 14.9. The van der Waals surface area contributed by atoms with Crippen LogP contribution in [0.3, 0.4) is 0 Å². The summed E-state index contributed by atoms with van der Waals surface area (Å²) in [5.74, 6) is 0.476. The van der Waals surface area contributed by atoms with Crippen LogP contribution in [-0.2, 0) is 0 Å². The van der Waals surface area contributed by atoms with Crippen LogP contribution in [0.25, 0.3) is 30.9 Å². The highest BCUT2D eigenvalue weighted by atomic mass is 32.1. The topological polar surface area (TPSA) is 50.7 Å². The Bertz CT molecular complexity index is 1240. The summed E-state index contributed by atoms with van der Waals surface area (Å²) < 4.78 is 14.7. The van der Waals surface area contributed by atoms with Crippen molar-refractivity contribution in [3.05, 3.63) is 66.2 Å². The molecular weight excluding hydrogens is 367 g/mol. The molecule has 0 saturated heterocycles. The fraction of sp³-hybridized carbons (Fsp3) is 0. The van der Waals surface area contributed by atoms with Gasteiger partial charge in [-0.25, -0.2) is 19.3 Å². The average molecular weight is 378 g/mol. The number of anilines is 2. The van der Waals surface area contributed by atoms with Gasteiger partial charge in [0.1, 0.15) is 22.8 Å². The fourth-order valence-electron chi connectivity index (χ4n) is 2.81. The van der Waals surface area contributed by atoms with Crippen LogP contribution < -0.4 is 5.32 Å². The van der Waals surface area contributed by atoms with Gasteiger partial charge in [-0.15, -0.1) is 22.7 Å². The molecule has 7 heteroatoms. The minimum atomic E-state index is -0.249. The van der Waals surface area contributed by atoms with E-state index < -0.39 is 0 Å². The van der Waals surface area contributed by atoms with Gasteiger partial charge in [0.15, 0.2) is 0 Å². The summed E-state index contributed by atoms with van der Waals surface area (Å²) in [6.07, 6.45) is 1.54. The van der Waals surface area contributed by atoms with Crippen LogP contribution in [0, 0.1) is 5.82 Å². The van der Waals surface area contributed by atoms with Gasteiger partial charge in [-0.3, -0.25) is 0 Å². The lowest BCUT2D eigenvalue weighted by Crippen LogP contribution is -1.94. The molecule has 5 rings (SSSR count). The Morgan fingerprint density at radius 1 is 0.962 bits per heavy atom. The largest absolute Gasteiger partial charge is 0.340 e. The van der Waals surface area contributed by atoms with E-state index in [0.717, 1.165) is 42.4 Å². The van der Waals surface area contributed by atoms with Crippen molar-refractivity contribution in [3.63, 3.8) is 0 Å². The maximum Gasteiger partial charge on any atom is 0.142 e. The van der Waals surface area contributed by atoms with Gasteiger partial charge in [-0.1, -0.05) is 12.1 Å². The highest BCUT2D eigenvalue weighted by Gasteiger charge is 2.11. The number of aromatic nitrogens is 3. The molecule has 0 aliphatic heterocycles. The van der Waals surface area contributed by atoms with Crippen molar-refractivity contribution < 1.29 is 4.39 Å². The van der Waals surface area contributed by atoms with E-state index in [1.807, 2.05) is 35.8 Å². The maximum atomic E-state index is 13.5. The number of benzene rings is 2. The molecule has 5 aromatic rings. The van der Waals surface area contributed by atoms with E-state index in [2.05, 4.69) is 20.3 Å². The second-order valence-corrected chi connectivity index (χ2v) is 7.64. The lowest BCUT2D eigenvalue weighted by Gasteiger charge is -2.06. The van der Waals surface area contributed by atoms with Crippen LogP contribution in [0.5, 0.6) is 0 Å². The SMILES string of the molecule is Fc1cccc(-c2cc3c(Nc4ccc5scnc5c4)ncnc3s2)c1. The number of nitrogens with zero attached hydrogens (tertiary/aromatic N) is 3. The predicted molar refractivity (Wildman–Crippen MR) is 106 cm³/mol. The molecule has 0 spiro atoms. The van der Waals surface area contributed by atoms with Gasteiger partial charge in [0.25, 0.3) is 0 Å². The van der Waals surface area contributed by atoms with Crippen LogP contribution in [0.2, 0.25) is 0 Å². The van der Waals surface area contributed by atoms with Crippen molar-refractivity contribution in [2.75, 3.05) is 5.32 Å². The Morgan fingerprint density at radius 3 is 2.85 bits per heavy atom. The number of hydrogen-bond donors (Lipinski definition) is 1. The van der Waals surface area contributed by atoms with E-state index in [4.69, 9.17) is 0 Å². The van der Waals surface area contributed by atoms with E-state index in [0.29, 0.717) is 0 Å². The van der Waals surface area contributed by atoms with Crippen molar-refractivity contribution >= 4 is 54.6 Å². The Morgan fingerprint density at radius 2 is 1.92 bits per heavy atom. The van der Waals surface area contributed by atoms with Crippen LogP contribution in [0.1, 0.15) is 0 Å². The maximum absolute atomic E-state index is 13.5. The first-order valence-electron chi connectivity index (χ1n) is 7.87. The molecule has 0 amide bonds. The Balaban J connectivity index is 1.57. The molecule has 0 radical (unpaired) electrons. The zero-order valence-corrected chi connectivity index (χ0v) is 14.9. The molecule has 3 aromatic heterocycles. The molecule has 0 aliphatic rings. The van der Waals surface area contributed by atoms with Crippen molar-refractivity contribution in [1.82, 2.24) is 15.0 Å². The summed E-state index contributed by atoms with van der Waals surface area (Å²) in [5, 5.41) is 4.26. The quantitative estimate of drug-likeness (QED) is 0.428. The van der Waals surface area contributed by atoms with E-state index in [-0.39, 0.29) is 5.82 Å². The number of fused-ring (bicyclic) bond motifs is 2. The van der Waals surface area contributed by atoms with Crippen molar-refractivity contribution in [2.45, 2.75) is 0 Å². The van der Waals surface area contributed by atoms with Crippen LogP contribution in [0.4, 0.5) is 15.9 Å². The number of halogens is 1. The molecule has 2 aromatic carbocycles. The van der Waals surface area contributed by atoms with Gasteiger partial charge in [0, 0.05) is 10.6 Å². The van der Waals surface area contributed by atoms with Gasteiger partial charge >= 0.3 is 0 Å². The van der Waals surface area contributed by atoms with Gasteiger partial charge in [0.05, 0.1) is 21.1 Å². The van der Waals surface area contributed by atoms with E-state index >= 15 is 0 Å². The van der Waals surface area contributed by atoms with Gasteiger partial charge < -0.3 is 5.32 Å². The summed E-state index contributed by atoms with van der Waals surface area (Å²) in [6, 6.07) is 14.6. The third-order valence-corrected chi connectivity index (χ3v) is 5.93. The molecule has 0 aliphatic carbocycles. The molecule has 0 atom stereocenters. The normalized spacial score (nSPS) is 11.3.